The Morgan fingerprint density at radius 3 is 1.35 bits per heavy atom. The Labute approximate surface area is 180 Å². The molecule has 2 aliphatic rings. The zero-order valence-corrected chi connectivity index (χ0v) is 17.4. The highest BCUT2D eigenvalue weighted by molar-refractivity contribution is 6.31. The van der Waals surface area contributed by atoms with Gasteiger partial charge in [-0.2, -0.15) is 0 Å². The average molecular weight is 414 g/mol. The van der Waals surface area contributed by atoms with Crippen molar-refractivity contribution < 1.29 is 19.2 Å². The van der Waals surface area contributed by atoms with Crippen molar-refractivity contribution in [1.82, 2.24) is 0 Å². The molecule has 4 amide bonds. The quantitative estimate of drug-likeness (QED) is 0.676. The molecule has 2 aromatic carbocycles. The standard InChI is InChI=1S/C25H22N2O4/c1-3-16-14-22(28)26(24(16)30)20-11-7-5-9-18(20)13-19-10-6-8-12-21(19)27-23(29)15-17(4-2)25(27)31/h5-12,14-15H,3-4,13H2,1-2H3. The summed E-state index contributed by atoms with van der Waals surface area (Å²) in [4.78, 5) is 52.8. The second kappa shape index (κ2) is 8.14. The zero-order valence-electron chi connectivity index (χ0n) is 17.4. The van der Waals surface area contributed by atoms with Crippen molar-refractivity contribution in [3.05, 3.63) is 83.0 Å². The molecule has 2 aliphatic heterocycles. The van der Waals surface area contributed by atoms with Crippen LogP contribution in [0.1, 0.15) is 37.8 Å². The monoisotopic (exact) mass is 414 g/mol. The van der Waals surface area contributed by atoms with Crippen LogP contribution in [-0.4, -0.2) is 23.6 Å². The number of para-hydroxylation sites is 2. The highest BCUT2D eigenvalue weighted by Gasteiger charge is 2.34. The number of benzene rings is 2. The van der Waals surface area contributed by atoms with Crippen molar-refractivity contribution >= 4 is 35.0 Å². The van der Waals surface area contributed by atoms with Gasteiger partial charge in [0.1, 0.15) is 0 Å². The van der Waals surface area contributed by atoms with E-state index in [-0.39, 0.29) is 23.6 Å². The molecule has 0 radical (unpaired) electrons. The SMILES string of the molecule is CCC1=CC(=O)N(c2ccccc2Cc2ccccc2N2C(=O)C=C(CC)C2=O)C1=O. The molecule has 6 nitrogen and oxygen atoms in total. The minimum atomic E-state index is -0.357. The highest BCUT2D eigenvalue weighted by Crippen LogP contribution is 2.33. The van der Waals surface area contributed by atoms with Gasteiger partial charge in [0.05, 0.1) is 11.4 Å². The van der Waals surface area contributed by atoms with Gasteiger partial charge >= 0.3 is 0 Å². The summed E-state index contributed by atoms with van der Waals surface area (Å²) < 4.78 is 0. The van der Waals surface area contributed by atoms with E-state index in [2.05, 4.69) is 0 Å². The van der Waals surface area contributed by atoms with E-state index in [4.69, 9.17) is 0 Å². The molecule has 4 rings (SSSR count). The zero-order chi connectivity index (χ0) is 22.1. The number of carbonyl (C=O) groups is 4. The fourth-order valence-corrected chi connectivity index (χ4v) is 3.96. The Morgan fingerprint density at radius 1 is 0.613 bits per heavy atom. The lowest BCUT2D eigenvalue weighted by atomic mass is 10.00. The van der Waals surface area contributed by atoms with Crippen molar-refractivity contribution in [3.8, 4) is 0 Å². The third kappa shape index (κ3) is 3.50. The molecular weight excluding hydrogens is 392 g/mol. The largest absolute Gasteiger partial charge is 0.269 e. The van der Waals surface area contributed by atoms with Crippen LogP contribution in [0.4, 0.5) is 11.4 Å². The van der Waals surface area contributed by atoms with Crippen molar-refractivity contribution in [3.63, 3.8) is 0 Å². The second-order valence-electron chi connectivity index (χ2n) is 7.44. The molecule has 2 heterocycles. The predicted octanol–water partition coefficient (Wildman–Crippen LogP) is 3.70. The number of hydrogen-bond donors (Lipinski definition) is 0. The molecule has 0 atom stereocenters. The Hall–Kier alpha value is -3.80. The fourth-order valence-electron chi connectivity index (χ4n) is 3.96. The van der Waals surface area contributed by atoms with Crippen LogP contribution < -0.4 is 9.80 Å². The van der Waals surface area contributed by atoms with E-state index in [1.165, 1.54) is 22.0 Å². The van der Waals surface area contributed by atoms with Gasteiger partial charge in [-0.1, -0.05) is 50.2 Å². The molecule has 0 saturated carbocycles. The first-order valence-corrected chi connectivity index (χ1v) is 10.3. The van der Waals surface area contributed by atoms with Crippen LogP contribution in [0.5, 0.6) is 0 Å². The normalized spacial score (nSPS) is 16.3. The van der Waals surface area contributed by atoms with E-state index in [0.29, 0.717) is 41.8 Å². The predicted molar refractivity (Wildman–Crippen MR) is 117 cm³/mol. The van der Waals surface area contributed by atoms with Crippen LogP contribution >= 0.6 is 0 Å². The van der Waals surface area contributed by atoms with E-state index in [1.807, 2.05) is 38.1 Å². The molecule has 0 spiro atoms. The van der Waals surface area contributed by atoms with Crippen LogP contribution in [0.3, 0.4) is 0 Å². The van der Waals surface area contributed by atoms with Crippen molar-refractivity contribution in [2.45, 2.75) is 33.1 Å². The van der Waals surface area contributed by atoms with Gasteiger partial charge < -0.3 is 0 Å². The van der Waals surface area contributed by atoms with Gasteiger partial charge in [0.2, 0.25) is 0 Å². The number of rotatable bonds is 6. The Morgan fingerprint density at radius 2 is 1.00 bits per heavy atom. The number of nitrogens with zero attached hydrogens (tertiary/aromatic N) is 2. The first kappa shape index (κ1) is 20.5. The Kier molecular flexibility index (Phi) is 5.38. The third-order valence-electron chi connectivity index (χ3n) is 5.60. The van der Waals surface area contributed by atoms with Crippen molar-refractivity contribution in [1.29, 1.82) is 0 Å². The summed E-state index contributed by atoms with van der Waals surface area (Å²) in [6, 6.07) is 14.4. The maximum absolute atomic E-state index is 12.7. The molecule has 0 fully saturated rings. The summed E-state index contributed by atoms with van der Waals surface area (Å²) in [6.07, 6.45) is 4.08. The lowest BCUT2D eigenvalue weighted by Crippen LogP contribution is -2.32. The molecule has 6 heteroatoms. The number of imide groups is 2. The van der Waals surface area contributed by atoms with Gasteiger partial charge in [-0.15, -0.1) is 0 Å². The van der Waals surface area contributed by atoms with Crippen LogP contribution in [0, 0.1) is 0 Å². The van der Waals surface area contributed by atoms with Crippen molar-refractivity contribution in [2.75, 3.05) is 9.80 Å². The molecule has 0 N–H and O–H groups in total. The summed E-state index contributed by atoms with van der Waals surface area (Å²) in [5.74, 6) is -1.33. The lowest BCUT2D eigenvalue weighted by Gasteiger charge is -2.22. The average Bonchev–Trinajstić information content (AvgIpc) is 3.22. The van der Waals surface area contributed by atoms with Gasteiger partial charge in [0, 0.05) is 29.7 Å². The maximum atomic E-state index is 12.7. The van der Waals surface area contributed by atoms with Crippen LogP contribution in [0.15, 0.2) is 71.8 Å². The molecule has 0 aliphatic carbocycles. The second-order valence-corrected chi connectivity index (χ2v) is 7.44. The maximum Gasteiger partial charge on any atom is 0.261 e. The van der Waals surface area contributed by atoms with Crippen LogP contribution in [0.25, 0.3) is 0 Å². The molecule has 0 aromatic heterocycles. The minimum absolute atomic E-state index is 0.310. The fraction of sp³-hybridized carbons (Fsp3) is 0.200. The topological polar surface area (TPSA) is 74.8 Å². The molecule has 31 heavy (non-hydrogen) atoms. The van der Waals surface area contributed by atoms with Crippen molar-refractivity contribution in [2.24, 2.45) is 0 Å². The Balaban J connectivity index is 1.71. The Bertz CT molecular complexity index is 1080. The van der Waals surface area contributed by atoms with Gasteiger partial charge in [0.25, 0.3) is 23.6 Å². The molecule has 0 bridgehead atoms. The van der Waals surface area contributed by atoms with E-state index >= 15 is 0 Å². The highest BCUT2D eigenvalue weighted by atomic mass is 16.2. The molecule has 0 saturated heterocycles. The van der Waals surface area contributed by atoms with Crippen LogP contribution in [-0.2, 0) is 25.6 Å². The smallest absolute Gasteiger partial charge is 0.261 e. The van der Waals surface area contributed by atoms with Gasteiger partial charge in [-0.25, -0.2) is 9.80 Å². The van der Waals surface area contributed by atoms with Gasteiger partial charge in [-0.3, -0.25) is 19.2 Å². The van der Waals surface area contributed by atoms with E-state index in [0.717, 1.165) is 11.1 Å². The number of hydrogen-bond acceptors (Lipinski definition) is 4. The summed E-state index contributed by atoms with van der Waals surface area (Å²) in [7, 11) is 0. The summed E-state index contributed by atoms with van der Waals surface area (Å²) in [5, 5.41) is 0. The number of amides is 4. The first-order chi connectivity index (χ1) is 15.0. The molecule has 156 valence electrons. The molecular formula is C25H22N2O4. The number of anilines is 2. The molecule has 2 aromatic rings. The summed E-state index contributed by atoms with van der Waals surface area (Å²) in [5.41, 5.74) is 3.49. The molecule has 0 unspecified atom stereocenters. The third-order valence-corrected chi connectivity index (χ3v) is 5.60. The minimum Gasteiger partial charge on any atom is -0.269 e. The van der Waals surface area contributed by atoms with Crippen LogP contribution in [0.2, 0.25) is 0 Å². The lowest BCUT2D eigenvalue weighted by molar-refractivity contribution is -0.122. The van der Waals surface area contributed by atoms with Gasteiger partial charge in [-0.05, 0) is 36.1 Å². The summed E-state index contributed by atoms with van der Waals surface area (Å²) in [6.45, 7) is 3.68. The summed E-state index contributed by atoms with van der Waals surface area (Å²) >= 11 is 0. The van der Waals surface area contributed by atoms with Gasteiger partial charge in [0.15, 0.2) is 0 Å². The van der Waals surface area contributed by atoms with E-state index in [9.17, 15) is 19.2 Å². The van der Waals surface area contributed by atoms with E-state index < -0.39 is 0 Å². The number of carbonyl (C=O) groups excluding carboxylic acids is 4. The van der Waals surface area contributed by atoms with E-state index in [1.54, 1.807) is 24.3 Å². The first-order valence-electron chi connectivity index (χ1n) is 10.3.